The summed E-state index contributed by atoms with van der Waals surface area (Å²) in [5.74, 6) is -3.06. The summed E-state index contributed by atoms with van der Waals surface area (Å²) in [5, 5.41) is 9.08. The highest BCUT2D eigenvalue weighted by atomic mass is 79.9. The van der Waals surface area contributed by atoms with Crippen LogP contribution in [0.3, 0.4) is 0 Å². The van der Waals surface area contributed by atoms with Crippen LogP contribution < -0.4 is 0 Å². The van der Waals surface area contributed by atoms with Crippen LogP contribution in [0.15, 0.2) is 16.6 Å². The van der Waals surface area contributed by atoms with E-state index in [4.69, 9.17) is 5.11 Å². The second-order valence-corrected chi connectivity index (χ2v) is 5.54. The number of carboxylic acid groups (broad SMARTS) is 1. The molecule has 1 unspecified atom stereocenters. The Balaban J connectivity index is 3.00. The Bertz CT molecular complexity index is 447. The van der Waals surface area contributed by atoms with Gasteiger partial charge in [-0.2, -0.15) is 0 Å². The molecule has 1 rings (SSSR count). The van der Waals surface area contributed by atoms with E-state index in [1.165, 1.54) is 6.07 Å². The lowest BCUT2D eigenvalue weighted by Crippen LogP contribution is -2.20. The first kappa shape index (κ1) is 15.1. The number of hydrogen-bond donors (Lipinski definition) is 1. The predicted octanol–water partition coefficient (Wildman–Crippen LogP) is 4.02. The molecule has 0 heterocycles. The zero-order valence-corrected chi connectivity index (χ0v) is 11.8. The van der Waals surface area contributed by atoms with Crippen molar-refractivity contribution in [3.8, 4) is 0 Å². The summed E-state index contributed by atoms with van der Waals surface area (Å²) in [6, 6.07) is 2.41. The molecule has 0 saturated heterocycles. The first-order chi connectivity index (χ1) is 8.32. The van der Waals surface area contributed by atoms with Gasteiger partial charge in [-0.25, -0.2) is 8.78 Å². The van der Waals surface area contributed by atoms with Crippen molar-refractivity contribution in [2.75, 3.05) is 0 Å². The van der Waals surface area contributed by atoms with Crippen LogP contribution >= 0.6 is 15.9 Å². The highest BCUT2D eigenvalue weighted by Gasteiger charge is 2.23. The molecule has 0 aliphatic rings. The van der Waals surface area contributed by atoms with Crippen LogP contribution in [0.5, 0.6) is 0 Å². The van der Waals surface area contributed by atoms with Crippen molar-refractivity contribution < 1.29 is 18.7 Å². The molecule has 18 heavy (non-hydrogen) atoms. The number of hydrogen-bond acceptors (Lipinski definition) is 1. The van der Waals surface area contributed by atoms with Crippen molar-refractivity contribution in [2.24, 2.45) is 11.8 Å². The predicted molar refractivity (Wildman–Crippen MR) is 68.3 cm³/mol. The normalized spacial score (nSPS) is 12.8. The van der Waals surface area contributed by atoms with E-state index in [9.17, 15) is 13.6 Å². The van der Waals surface area contributed by atoms with Gasteiger partial charge in [-0.3, -0.25) is 4.79 Å². The van der Waals surface area contributed by atoms with Gasteiger partial charge >= 0.3 is 5.97 Å². The van der Waals surface area contributed by atoms with Gasteiger partial charge in [0.05, 0.1) is 10.4 Å². The van der Waals surface area contributed by atoms with Crippen molar-refractivity contribution in [1.82, 2.24) is 0 Å². The van der Waals surface area contributed by atoms with E-state index in [2.05, 4.69) is 15.9 Å². The topological polar surface area (TPSA) is 37.3 Å². The minimum Gasteiger partial charge on any atom is -0.481 e. The van der Waals surface area contributed by atoms with Crippen LogP contribution in [0.2, 0.25) is 0 Å². The number of carboxylic acids is 1. The molecule has 0 radical (unpaired) electrons. The van der Waals surface area contributed by atoms with E-state index in [-0.39, 0.29) is 22.4 Å². The monoisotopic (exact) mass is 320 g/mol. The van der Waals surface area contributed by atoms with Crippen LogP contribution in [0, 0.1) is 23.5 Å². The molecule has 0 aromatic heterocycles. The van der Waals surface area contributed by atoms with Crippen LogP contribution in [0.1, 0.15) is 25.8 Å². The second kappa shape index (κ2) is 6.27. The van der Waals surface area contributed by atoms with Gasteiger partial charge in [0, 0.05) is 5.56 Å². The molecule has 0 spiro atoms. The fourth-order valence-electron chi connectivity index (χ4n) is 1.84. The van der Waals surface area contributed by atoms with Gasteiger partial charge in [0.1, 0.15) is 11.6 Å². The van der Waals surface area contributed by atoms with Crippen molar-refractivity contribution in [3.63, 3.8) is 0 Å². The van der Waals surface area contributed by atoms with Crippen molar-refractivity contribution in [2.45, 2.75) is 26.7 Å². The highest BCUT2D eigenvalue weighted by Crippen LogP contribution is 2.26. The van der Waals surface area contributed by atoms with Crippen molar-refractivity contribution in [1.29, 1.82) is 0 Å². The van der Waals surface area contributed by atoms with Crippen LogP contribution in [0.25, 0.3) is 0 Å². The molecule has 1 atom stereocenters. The molecule has 5 heteroatoms. The first-order valence-corrected chi connectivity index (χ1v) is 6.47. The maximum atomic E-state index is 13.7. The van der Waals surface area contributed by atoms with E-state index in [0.29, 0.717) is 6.42 Å². The summed E-state index contributed by atoms with van der Waals surface area (Å²) in [4.78, 5) is 11.1. The molecule has 0 aliphatic carbocycles. The number of aliphatic carboxylic acids is 1. The molecule has 0 saturated carbocycles. The molecular formula is C13H15BrF2O2. The van der Waals surface area contributed by atoms with E-state index >= 15 is 0 Å². The highest BCUT2D eigenvalue weighted by molar-refractivity contribution is 9.10. The van der Waals surface area contributed by atoms with Crippen molar-refractivity contribution in [3.05, 3.63) is 33.8 Å². The largest absolute Gasteiger partial charge is 0.481 e. The van der Waals surface area contributed by atoms with E-state index in [0.717, 1.165) is 6.07 Å². The standard InChI is InChI=1S/C13H15BrF2O2/c1-7(2)5-8(13(17)18)6-9-11(15)4-3-10(14)12(9)16/h3-4,7-8H,5-6H2,1-2H3,(H,17,18). The summed E-state index contributed by atoms with van der Waals surface area (Å²) < 4.78 is 27.4. The lowest BCUT2D eigenvalue weighted by atomic mass is 9.90. The SMILES string of the molecule is CC(C)CC(Cc1c(F)ccc(Br)c1F)C(=O)O. The fraction of sp³-hybridized carbons (Fsp3) is 0.462. The fourth-order valence-corrected chi connectivity index (χ4v) is 2.21. The minimum absolute atomic E-state index is 0.134. The van der Waals surface area contributed by atoms with E-state index < -0.39 is 23.5 Å². The Morgan fingerprint density at radius 3 is 2.50 bits per heavy atom. The lowest BCUT2D eigenvalue weighted by Gasteiger charge is -2.16. The van der Waals surface area contributed by atoms with E-state index in [1.54, 1.807) is 0 Å². The van der Waals surface area contributed by atoms with Crippen molar-refractivity contribution >= 4 is 21.9 Å². The third-order valence-electron chi connectivity index (χ3n) is 2.69. The summed E-state index contributed by atoms with van der Waals surface area (Å²) in [6.07, 6.45) is 0.255. The number of rotatable bonds is 5. The number of benzene rings is 1. The average Bonchev–Trinajstić information content (AvgIpc) is 2.27. The number of carbonyl (C=O) groups is 1. The zero-order chi connectivity index (χ0) is 13.9. The molecular weight excluding hydrogens is 306 g/mol. The molecule has 1 aromatic carbocycles. The Hall–Kier alpha value is -0.970. The lowest BCUT2D eigenvalue weighted by molar-refractivity contribution is -0.142. The van der Waals surface area contributed by atoms with Gasteiger partial charge in [-0.05, 0) is 46.8 Å². The molecule has 0 amide bonds. The average molecular weight is 321 g/mol. The Morgan fingerprint density at radius 2 is 2.00 bits per heavy atom. The molecule has 0 fully saturated rings. The molecule has 1 aromatic rings. The van der Waals surface area contributed by atoms with Crippen LogP contribution in [0.4, 0.5) is 8.78 Å². The summed E-state index contributed by atoms with van der Waals surface area (Å²) in [5.41, 5.74) is -0.169. The van der Waals surface area contributed by atoms with E-state index in [1.807, 2.05) is 13.8 Å². The molecule has 2 nitrogen and oxygen atoms in total. The van der Waals surface area contributed by atoms with Gasteiger partial charge in [-0.1, -0.05) is 13.8 Å². The molecule has 1 N–H and O–H groups in total. The van der Waals surface area contributed by atoms with Gasteiger partial charge < -0.3 is 5.11 Å². The number of halogens is 3. The maximum Gasteiger partial charge on any atom is 0.306 e. The van der Waals surface area contributed by atoms with Crippen LogP contribution in [-0.2, 0) is 11.2 Å². The molecule has 0 bridgehead atoms. The quantitative estimate of drug-likeness (QED) is 0.832. The molecule has 0 aliphatic heterocycles. The smallest absolute Gasteiger partial charge is 0.306 e. The Morgan fingerprint density at radius 1 is 1.39 bits per heavy atom. The zero-order valence-electron chi connectivity index (χ0n) is 10.2. The second-order valence-electron chi connectivity index (χ2n) is 4.69. The maximum absolute atomic E-state index is 13.7. The van der Waals surface area contributed by atoms with Gasteiger partial charge in [0.25, 0.3) is 0 Å². The minimum atomic E-state index is -1.03. The summed E-state index contributed by atoms with van der Waals surface area (Å²) >= 11 is 2.97. The third-order valence-corrected chi connectivity index (χ3v) is 3.31. The first-order valence-electron chi connectivity index (χ1n) is 5.68. The van der Waals surface area contributed by atoms with Gasteiger partial charge in [-0.15, -0.1) is 0 Å². The summed E-state index contributed by atoms with van der Waals surface area (Å²) in [7, 11) is 0. The van der Waals surface area contributed by atoms with Gasteiger partial charge in [0.15, 0.2) is 0 Å². The Kier molecular flexibility index (Phi) is 5.26. The third kappa shape index (κ3) is 3.77. The van der Waals surface area contributed by atoms with Crippen LogP contribution in [-0.4, -0.2) is 11.1 Å². The Labute approximate surface area is 113 Å². The van der Waals surface area contributed by atoms with Gasteiger partial charge in [0.2, 0.25) is 0 Å². The summed E-state index contributed by atoms with van der Waals surface area (Å²) in [6.45, 7) is 3.76. The molecule has 100 valence electrons.